The Kier molecular flexibility index (Phi) is 7.83. The number of para-hydroxylation sites is 1. The summed E-state index contributed by atoms with van der Waals surface area (Å²) in [4.78, 5) is 0. The van der Waals surface area contributed by atoms with Crippen molar-refractivity contribution in [2.75, 3.05) is 13.2 Å². The molecule has 1 N–H and O–H groups in total. The number of ether oxygens (including phenoxy) is 1. The van der Waals surface area contributed by atoms with Crippen molar-refractivity contribution in [1.82, 2.24) is 5.32 Å². The Bertz CT molecular complexity index is 1290. The zero-order valence-electron chi connectivity index (χ0n) is 18.4. The summed E-state index contributed by atoms with van der Waals surface area (Å²) >= 11 is 0. The molecule has 1 heterocycles. The first kappa shape index (κ1) is 25.5. The molecule has 3 aromatic rings. The van der Waals surface area contributed by atoms with Crippen molar-refractivity contribution in [3.05, 3.63) is 83.7 Å². The Morgan fingerprint density at radius 3 is 2.35 bits per heavy atom. The maximum Gasteiger partial charge on any atom is 0.534 e. The van der Waals surface area contributed by atoms with E-state index in [4.69, 9.17) is 4.74 Å². The molecule has 1 aliphatic heterocycles. The van der Waals surface area contributed by atoms with Gasteiger partial charge in [-0.05, 0) is 48.7 Å². The molecular weight excluding hydrogens is 474 g/mol. The van der Waals surface area contributed by atoms with Crippen molar-refractivity contribution in [3.63, 3.8) is 0 Å². The Labute approximate surface area is 195 Å². The lowest BCUT2D eigenvalue weighted by Gasteiger charge is -2.19. The molecule has 0 spiro atoms. The normalized spacial score (nSPS) is 14.2. The van der Waals surface area contributed by atoms with Crippen LogP contribution in [0.1, 0.15) is 31.0 Å². The van der Waals surface area contributed by atoms with E-state index >= 15 is 0 Å². The molecule has 0 radical (unpaired) electrons. The van der Waals surface area contributed by atoms with Crippen LogP contribution in [0.5, 0.6) is 5.75 Å². The molecule has 0 bridgehead atoms. The molecule has 0 aromatic heterocycles. The Balaban J connectivity index is 0.000000192. The predicted molar refractivity (Wildman–Crippen MR) is 122 cm³/mol. The lowest BCUT2D eigenvalue weighted by molar-refractivity contribution is -0.0509. The molecule has 0 fully saturated rings. The Hall–Kier alpha value is -3.11. The number of fused-ring (bicyclic) bond motifs is 2. The van der Waals surface area contributed by atoms with E-state index in [1.807, 2.05) is 30.3 Å². The number of hydrogen-bond donors (Lipinski definition) is 1. The van der Waals surface area contributed by atoms with E-state index in [0.717, 1.165) is 23.6 Å². The van der Waals surface area contributed by atoms with Gasteiger partial charge in [-0.2, -0.15) is 21.6 Å². The van der Waals surface area contributed by atoms with Crippen LogP contribution < -0.4 is 10.1 Å². The maximum absolute atomic E-state index is 13.6. The van der Waals surface area contributed by atoms with Crippen LogP contribution in [-0.4, -0.2) is 27.1 Å². The molecule has 182 valence electrons. The third-order valence-corrected chi connectivity index (χ3v) is 5.99. The van der Waals surface area contributed by atoms with Crippen LogP contribution in [0.15, 0.2) is 66.7 Å². The van der Waals surface area contributed by atoms with E-state index in [1.54, 1.807) is 12.1 Å². The van der Waals surface area contributed by atoms with Crippen molar-refractivity contribution >= 4 is 26.6 Å². The van der Waals surface area contributed by atoms with E-state index in [-0.39, 0.29) is 35.5 Å². The monoisotopic (exact) mass is 497 g/mol. The highest BCUT2D eigenvalue weighted by Crippen LogP contribution is 2.35. The van der Waals surface area contributed by atoms with Gasteiger partial charge in [-0.3, -0.25) is 0 Å². The summed E-state index contributed by atoms with van der Waals surface area (Å²) in [5, 5.41) is 5.05. The highest BCUT2D eigenvalue weighted by Gasteiger charge is 2.49. The minimum atomic E-state index is -5.66. The van der Waals surface area contributed by atoms with Crippen LogP contribution in [0.3, 0.4) is 0 Å². The second-order valence-corrected chi connectivity index (χ2v) is 8.86. The van der Waals surface area contributed by atoms with Crippen molar-refractivity contribution < 1.29 is 34.9 Å². The minimum Gasteiger partial charge on any atom is -0.489 e. The molecule has 0 aliphatic carbocycles. The van der Waals surface area contributed by atoms with Crippen LogP contribution >= 0.6 is 0 Å². The topological polar surface area (TPSA) is 64.6 Å². The van der Waals surface area contributed by atoms with Gasteiger partial charge in [0.2, 0.25) is 0 Å². The molecule has 0 amide bonds. The SMILES string of the molecule is CCNC(C)c1ccc(F)c2ccccc12.O=S(=O)(OC1=CCOc2ccccc21)C(F)(F)F. The average Bonchev–Trinajstić information content (AvgIpc) is 2.79. The Morgan fingerprint density at radius 1 is 1.03 bits per heavy atom. The van der Waals surface area contributed by atoms with Crippen LogP contribution in [-0.2, 0) is 14.3 Å². The van der Waals surface area contributed by atoms with Gasteiger partial charge in [0.05, 0.1) is 5.56 Å². The fraction of sp³-hybridized carbons (Fsp3) is 0.250. The van der Waals surface area contributed by atoms with Crippen LogP contribution in [0, 0.1) is 5.82 Å². The molecule has 34 heavy (non-hydrogen) atoms. The molecule has 1 atom stereocenters. The summed E-state index contributed by atoms with van der Waals surface area (Å²) < 4.78 is 81.2. The highest BCUT2D eigenvalue weighted by atomic mass is 32.2. The lowest BCUT2D eigenvalue weighted by atomic mass is 9.99. The maximum atomic E-state index is 13.6. The van der Waals surface area contributed by atoms with Gasteiger partial charge in [0.25, 0.3) is 0 Å². The summed E-state index contributed by atoms with van der Waals surface area (Å²) in [7, 11) is -5.66. The van der Waals surface area contributed by atoms with Gasteiger partial charge in [-0.25, -0.2) is 4.39 Å². The summed E-state index contributed by atoms with van der Waals surface area (Å²) in [6, 6.07) is 17.3. The smallest absolute Gasteiger partial charge is 0.489 e. The predicted octanol–water partition coefficient (Wildman–Crippen LogP) is 5.94. The van der Waals surface area contributed by atoms with Crippen molar-refractivity contribution in [2.24, 2.45) is 0 Å². The van der Waals surface area contributed by atoms with Crippen molar-refractivity contribution in [1.29, 1.82) is 0 Å². The van der Waals surface area contributed by atoms with E-state index in [0.29, 0.717) is 5.39 Å². The van der Waals surface area contributed by atoms with E-state index in [2.05, 4.69) is 23.3 Å². The molecule has 1 aliphatic rings. The first-order valence-electron chi connectivity index (χ1n) is 10.4. The quantitative estimate of drug-likeness (QED) is 0.269. The van der Waals surface area contributed by atoms with Crippen molar-refractivity contribution in [2.45, 2.75) is 25.4 Å². The third kappa shape index (κ3) is 5.68. The summed E-state index contributed by atoms with van der Waals surface area (Å²) in [5.41, 5.74) is -4.14. The first-order chi connectivity index (χ1) is 16.0. The molecule has 10 heteroatoms. The minimum absolute atomic E-state index is 0.0558. The summed E-state index contributed by atoms with van der Waals surface area (Å²) in [6.07, 6.45) is 1.13. The molecule has 3 aromatic carbocycles. The number of halogens is 4. The molecule has 1 unspecified atom stereocenters. The fourth-order valence-electron chi connectivity index (χ4n) is 3.44. The second-order valence-electron chi connectivity index (χ2n) is 7.32. The molecule has 0 saturated carbocycles. The van der Waals surface area contributed by atoms with Gasteiger partial charge in [0.1, 0.15) is 18.2 Å². The lowest BCUT2D eigenvalue weighted by Crippen LogP contribution is -2.25. The average molecular weight is 498 g/mol. The standard InChI is InChI=1S/C14H16FN.C10H7F3O4S/c1-3-16-10(2)11-8-9-14(15)13-7-5-4-6-12(11)13;11-10(12,13)18(14,15)17-9-5-6-16-8-4-2-1-3-7(8)9/h4-10,16H,3H2,1-2H3;1-5H,6H2. The van der Waals surface area contributed by atoms with E-state index in [9.17, 15) is 26.0 Å². The molecule has 0 saturated heterocycles. The fourth-order valence-corrected chi connectivity index (χ4v) is 3.93. The first-order valence-corrected chi connectivity index (χ1v) is 11.8. The summed E-state index contributed by atoms with van der Waals surface area (Å²) in [6.45, 7) is 5.03. The van der Waals surface area contributed by atoms with Crippen LogP contribution in [0.25, 0.3) is 16.5 Å². The van der Waals surface area contributed by atoms with Gasteiger partial charge in [0, 0.05) is 11.4 Å². The number of alkyl halides is 3. The second kappa shape index (κ2) is 10.4. The molecule has 5 nitrogen and oxygen atoms in total. The van der Waals surface area contributed by atoms with Crippen LogP contribution in [0.2, 0.25) is 0 Å². The number of rotatable bonds is 5. The van der Waals surface area contributed by atoms with Gasteiger partial charge in [0.15, 0.2) is 5.76 Å². The van der Waals surface area contributed by atoms with Crippen LogP contribution in [0.4, 0.5) is 17.6 Å². The third-order valence-electron chi connectivity index (χ3n) is 5.02. The Morgan fingerprint density at radius 2 is 1.68 bits per heavy atom. The van der Waals surface area contributed by atoms with Gasteiger partial charge in [-0.1, -0.05) is 49.4 Å². The number of nitrogens with one attached hydrogen (secondary N) is 1. The number of hydrogen-bond acceptors (Lipinski definition) is 5. The van der Waals surface area contributed by atoms with Gasteiger partial charge < -0.3 is 14.2 Å². The zero-order valence-corrected chi connectivity index (χ0v) is 19.2. The zero-order chi connectivity index (χ0) is 24.9. The van der Waals surface area contributed by atoms with E-state index < -0.39 is 15.6 Å². The van der Waals surface area contributed by atoms with Gasteiger partial charge in [-0.15, -0.1) is 0 Å². The number of benzene rings is 3. The summed E-state index contributed by atoms with van der Waals surface area (Å²) in [5.74, 6) is -0.260. The highest BCUT2D eigenvalue weighted by molar-refractivity contribution is 7.87. The van der Waals surface area contributed by atoms with Gasteiger partial charge >= 0.3 is 15.6 Å². The van der Waals surface area contributed by atoms with Crippen molar-refractivity contribution in [3.8, 4) is 5.75 Å². The molecular formula is C24H23F4NO4S. The molecule has 4 rings (SSSR count). The van der Waals surface area contributed by atoms with E-state index in [1.165, 1.54) is 18.2 Å². The largest absolute Gasteiger partial charge is 0.534 e.